The van der Waals surface area contributed by atoms with Gasteiger partial charge in [0.15, 0.2) is 5.13 Å². The maximum absolute atomic E-state index is 12.5. The van der Waals surface area contributed by atoms with Gasteiger partial charge in [-0.15, -0.1) is 0 Å². The number of aromatic nitrogens is 1. The second-order valence-electron chi connectivity index (χ2n) is 5.86. The average molecular weight is 416 g/mol. The van der Waals surface area contributed by atoms with Crippen LogP contribution in [0.25, 0.3) is 10.2 Å². The van der Waals surface area contributed by atoms with Gasteiger partial charge in [-0.2, -0.15) is 0 Å². The van der Waals surface area contributed by atoms with Crippen LogP contribution < -0.4 is 10.2 Å². The van der Waals surface area contributed by atoms with Crippen molar-refractivity contribution in [3.8, 4) is 0 Å². The molecule has 0 radical (unpaired) electrons. The third-order valence-electron chi connectivity index (χ3n) is 4.14. The predicted molar refractivity (Wildman–Crippen MR) is 103 cm³/mol. The Kier molecular flexibility index (Phi) is 4.27. The number of rotatable bonds is 3. The van der Waals surface area contributed by atoms with Crippen molar-refractivity contribution in [3.63, 3.8) is 0 Å². The highest BCUT2D eigenvalue weighted by Crippen LogP contribution is 2.29. The fourth-order valence-electron chi connectivity index (χ4n) is 2.91. The molecule has 2 heterocycles. The molecule has 1 N–H and O–H groups in total. The number of halogens is 1. The molecule has 0 aliphatic carbocycles. The van der Waals surface area contributed by atoms with Gasteiger partial charge in [0.25, 0.3) is 0 Å². The number of anilines is 2. The number of nitrogens with one attached hydrogen (secondary N) is 1. The van der Waals surface area contributed by atoms with Crippen LogP contribution in [0.3, 0.4) is 0 Å². The van der Waals surface area contributed by atoms with Gasteiger partial charge in [0.2, 0.25) is 11.8 Å². The standard InChI is InChI=1S/C18H14BrN3O2S/c19-12-4-3-5-13(9-12)22-10-11(8-16(22)23)17(24)21-18-20-14-6-1-2-7-15(14)25-18/h1-7,9,11H,8,10H2,(H,20,21,24). The van der Waals surface area contributed by atoms with Crippen LogP contribution in [0.5, 0.6) is 0 Å². The number of para-hydroxylation sites is 1. The zero-order valence-electron chi connectivity index (χ0n) is 13.1. The molecule has 1 fully saturated rings. The number of carbonyl (C=O) groups excluding carboxylic acids is 2. The Balaban J connectivity index is 1.48. The van der Waals surface area contributed by atoms with Crippen molar-refractivity contribution >= 4 is 60.1 Å². The second kappa shape index (κ2) is 6.57. The Morgan fingerprint density at radius 2 is 2.08 bits per heavy atom. The van der Waals surface area contributed by atoms with E-state index in [1.165, 1.54) is 11.3 Å². The molecule has 1 aliphatic rings. The Morgan fingerprint density at radius 3 is 2.88 bits per heavy atom. The minimum Gasteiger partial charge on any atom is -0.312 e. The lowest BCUT2D eigenvalue weighted by Gasteiger charge is -2.16. The number of fused-ring (bicyclic) bond motifs is 1. The van der Waals surface area contributed by atoms with Crippen LogP contribution in [0.4, 0.5) is 10.8 Å². The number of hydrogen-bond donors (Lipinski definition) is 1. The number of carbonyl (C=O) groups is 2. The summed E-state index contributed by atoms with van der Waals surface area (Å²) in [7, 11) is 0. The van der Waals surface area contributed by atoms with Crippen molar-refractivity contribution in [3.05, 3.63) is 53.0 Å². The fraction of sp³-hybridized carbons (Fsp3) is 0.167. The summed E-state index contributed by atoms with van der Waals surface area (Å²) >= 11 is 4.85. The summed E-state index contributed by atoms with van der Waals surface area (Å²) in [5.74, 6) is -0.578. The zero-order valence-corrected chi connectivity index (χ0v) is 15.5. The number of amides is 2. The summed E-state index contributed by atoms with van der Waals surface area (Å²) < 4.78 is 1.93. The molecule has 1 aromatic heterocycles. The van der Waals surface area contributed by atoms with Gasteiger partial charge in [0.1, 0.15) is 0 Å². The van der Waals surface area contributed by atoms with Crippen molar-refractivity contribution < 1.29 is 9.59 Å². The van der Waals surface area contributed by atoms with Crippen LogP contribution in [0.2, 0.25) is 0 Å². The van der Waals surface area contributed by atoms with Gasteiger partial charge in [0, 0.05) is 23.1 Å². The molecule has 25 heavy (non-hydrogen) atoms. The van der Waals surface area contributed by atoms with E-state index >= 15 is 0 Å². The number of benzene rings is 2. The average Bonchev–Trinajstić information content (AvgIpc) is 3.17. The van der Waals surface area contributed by atoms with Crippen LogP contribution in [0.15, 0.2) is 53.0 Å². The highest BCUT2D eigenvalue weighted by Gasteiger charge is 2.35. The molecule has 2 amide bonds. The van der Waals surface area contributed by atoms with Crippen LogP contribution in [0.1, 0.15) is 6.42 Å². The molecule has 126 valence electrons. The highest BCUT2D eigenvalue weighted by molar-refractivity contribution is 9.10. The quantitative estimate of drug-likeness (QED) is 0.701. The van der Waals surface area contributed by atoms with E-state index in [0.29, 0.717) is 11.7 Å². The molecule has 0 spiro atoms. The Morgan fingerprint density at radius 1 is 1.24 bits per heavy atom. The van der Waals surface area contributed by atoms with Gasteiger partial charge in [-0.05, 0) is 30.3 Å². The van der Waals surface area contributed by atoms with E-state index in [2.05, 4.69) is 26.2 Å². The van der Waals surface area contributed by atoms with Gasteiger partial charge in [-0.3, -0.25) is 9.59 Å². The largest absolute Gasteiger partial charge is 0.312 e. The first-order chi connectivity index (χ1) is 12.1. The van der Waals surface area contributed by atoms with Gasteiger partial charge in [-0.1, -0.05) is 45.5 Å². The lowest BCUT2D eigenvalue weighted by atomic mass is 10.1. The van der Waals surface area contributed by atoms with Gasteiger partial charge >= 0.3 is 0 Å². The van der Waals surface area contributed by atoms with E-state index in [0.717, 1.165) is 20.4 Å². The lowest BCUT2D eigenvalue weighted by Crippen LogP contribution is -2.28. The molecule has 1 aliphatic heterocycles. The first-order valence-electron chi connectivity index (χ1n) is 7.82. The van der Waals surface area contributed by atoms with Crippen molar-refractivity contribution in [1.29, 1.82) is 0 Å². The summed E-state index contributed by atoms with van der Waals surface area (Å²) in [5, 5.41) is 3.43. The first kappa shape index (κ1) is 16.2. The van der Waals surface area contributed by atoms with Crippen LogP contribution >= 0.6 is 27.3 Å². The van der Waals surface area contributed by atoms with Crippen molar-refractivity contribution in [1.82, 2.24) is 4.98 Å². The third-order valence-corrected chi connectivity index (χ3v) is 5.58. The van der Waals surface area contributed by atoms with Crippen LogP contribution in [-0.4, -0.2) is 23.3 Å². The van der Waals surface area contributed by atoms with Crippen LogP contribution in [-0.2, 0) is 9.59 Å². The monoisotopic (exact) mass is 415 g/mol. The molecular formula is C18H14BrN3O2S. The topological polar surface area (TPSA) is 62.3 Å². The van der Waals surface area contributed by atoms with Crippen molar-refractivity contribution in [2.75, 3.05) is 16.8 Å². The molecule has 2 aromatic carbocycles. The molecule has 3 aromatic rings. The SMILES string of the molecule is O=C(Nc1nc2ccccc2s1)C1CC(=O)N(c2cccc(Br)c2)C1. The first-order valence-corrected chi connectivity index (χ1v) is 9.43. The summed E-state index contributed by atoms with van der Waals surface area (Å²) in [6, 6.07) is 15.3. The van der Waals surface area contributed by atoms with Gasteiger partial charge in [-0.25, -0.2) is 4.98 Å². The molecule has 1 atom stereocenters. The van der Waals surface area contributed by atoms with E-state index in [-0.39, 0.29) is 24.2 Å². The van der Waals surface area contributed by atoms with E-state index < -0.39 is 0 Å². The summed E-state index contributed by atoms with van der Waals surface area (Å²) in [5.41, 5.74) is 1.66. The number of thiazole rings is 1. The Hall–Kier alpha value is -2.25. The molecule has 1 unspecified atom stereocenters. The maximum Gasteiger partial charge on any atom is 0.231 e. The van der Waals surface area contributed by atoms with Crippen molar-refractivity contribution in [2.45, 2.75) is 6.42 Å². The molecule has 0 saturated carbocycles. The number of nitrogens with zero attached hydrogens (tertiary/aromatic N) is 2. The van der Waals surface area contributed by atoms with Gasteiger partial charge < -0.3 is 10.2 Å². The summed E-state index contributed by atoms with van der Waals surface area (Å²) in [4.78, 5) is 30.9. The van der Waals surface area contributed by atoms with Crippen molar-refractivity contribution in [2.24, 2.45) is 5.92 Å². The minimum atomic E-state index is -0.376. The maximum atomic E-state index is 12.5. The highest BCUT2D eigenvalue weighted by atomic mass is 79.9. The normalized spacial score (nSPS) is 17.2. The fourth-order valence-corrected chi connectivity index (χ4v) is 4.17. The second-order valence-corrected chi connectivity index (χ2v) is 7.81. The smallest absolute Gasteiger partial charge is 0.231 e. The number of hydrogen-bond acceptors (Lipinski definition) is 4. The molecule has 4 rings (SSSR count). The van der Waals surface area contributed by atoms with E-state index in [4.69, 9.17) is 0 Å². The van der Waals surface area contributed by atoms with Crippen LogP contribution in [0, 0.1) is 5.92 Å². The lowest BCUT2D eigenvalue weighted by molar-refractivity contribution is -0.122. The minimum absolute atomic E-state index is 0.0393. The summed E-state index contributed by atoms with van der Waals surface area (Å²) in [6.07, 6.45) is 0.212. The molecule has 0 bridgehead atoms. The zero-order chi connectivity index (χ0) is 17.4. The molecule has 1 saturated heterocycles. The van der Waals surface area contributed by atoms with E-state index in [9.17, 15) is 9.59 Å². The predicted octanol–water partition coefficient (Wildman–Crippen LogP) is 4.05. The summed E-state index contributed by atoms with van der Waals surface area (Å²) in [6.45, 7) is 0.381. The molecule has 7 heteroatoms. The molecule has 5 nitrogen and oxygen atoms in total. The Labute approximate surface area is 156 Å². The molecular weight excluding hydrogens is 402 g/mol. The van der Waals surface area contributed by atoms with Gasteiger partial charge in [0.05, 0.1) is 16.1 Å². The van der Waals surface area contributed by atoms with E-state index in [1.54, 1.807) is 4.90 Å². The third kappa shape index (κ3) is 3.29. The Bertz CT molecular complexity index is 939. The van der Waals surface area contributed by atoms with E-state index in [1.807, 2.05) is 48.5 Å².